The SMILES string of the molecule is CC(C)C(CCO)NC(=O)CSC1CCS(=O)(=O)C1. The van der Waals surface area contributed by atoms with Gasteiger partial charge in [-0.25, -0.2) is 8.42 Å². The lowest BCUT2D eigenvalue weighted by atomic mass is 10.0. The Morgan fingerprint density at radius 1 is 1.47 bits per heavy atom. The van der Waals surface area contributed by atoms with Crippen molar-refractivity contribution in [1.29, 1.82) is 0 Å². The fourth-order valence-corrected chi connectivity index (χ4v) is 5.50. The summed E-state index contributed by atoms with van der Waals surface area (Å²) in [5, 5.41) is 11.9. The van der Waals surface area contributed by atoms with Crippen molar-refractivity contribution in [3.8, 4) is 0 Å². The Morgan fingerprint density at radius 3 is 2.63 bits per heavy atom. The fraction of sp³-hybridized carbons (Fsp3) is 0.917. The first-order chi connectivity index (χ1) is 8.84. The first-order valence-corrected chi connectivity index (χ1v) is 9.43. The van der Waals surface area contributed by atoms with E-state index in [4.69, 9.17) is 5.11 Å². The fourth-order valence-electron chi connectivity index (χ4n) is 2.05. The third kappa shape index (κ3) is 6.14. The quantitative estimate of drug-likeness (QED) is 0.712. The van der Waals surface area contributed by atoms with Gasteiger partial charge in [0.25, 0.3) is 0 Å². The highest BCUT2D eigenvalue weighted by Gasteiger charge is 2.28. The Balaban J connectivity index is 2.31. The second-order valence-electron chi connectivity index (χ2n) is 5.27. The summed E-state index contributed by atoms with van der Waals surface area (Å²) in [5.41, 5.74) is 0. The van der Waals surface area contributed by atoms with Crippen molar-refractivity contribution in [3.63, 3.8) is 0 Å². The molecular formula is C12H23NO4S2. The Hall–Kier alpha value is -0.270. The van der Waals surface area contributed by atoms with Crippen LogP contribution >= 0.6 is 11.8 Å². The number of hydrogen-bond donors (Lipinski definition) is 2. The summed E-state index contributed by atoms with van der Waals surface area (Å²) in [4.78, 5) is 11.8. The average molecular weight is 309 g/mol. The summed E-state index contributed by atoms with van der Waals surface area (Å²) >= 11 is 1.41. The molecule has 1 rings (SSSR count). The Morgan fingerprint density at radius 2 is 2.16 bits per heavy atom. The molecule has 5 nitrogen and oxygen atoms in total. The van der Waals surface area contributed by atoms with Gasteiger partial charge in [0.05, 0.1) is 17.3 Å². The van der Waals surface area contributed by atoms with E-state index in [2.05, 4.69) is 5.32 Å². The summed E-state index contributed by atoms with van der Waals surface area (Å²) in [7, 11) is -2.87. The number of carbonyl (C=O) groups is 1. The molecule has 0 spiro atoms. The molecule has 1 heterocycles. The zero-order chi connectivity index (χ0) is 14.5. The van der Waals surface area contributed by atoms with E-state index in [9.17, 15) is 13.2 Å². The van der Waals surface area contributed by atoms with Crippen molar-refractivity contribution in [3.05, 3.63) is 0 Å². The van der Waals surface area contributed by atoms with Gasteiger partial charge < -0.3 is 10.4 Å². The van der Waals surface area contributed by atoms with Crippen molar-refractivity contribution in [2.45, 2.75) is 38.0 Å². The van der Waals surface area contributed by atoms with Crippen molar-refractivity contribution in [2.75, 3.05) is 23.9 Å². The van der Waals surface area contributed by atoms with E-state index in [0.29, 0.717) is 12.8 Å². The lowest BCUT2D eigenvalue weighted by Crippen LogP contribution is -2.40. The zero-order valence-electron chi connectivity index (χ0n) is 11.5. The van der Waals surface area contributed by atoms with Gasteiger partial charge in [0.15, 0.2) is 9.84 Å². The number of hydrogen-bond acceptors (Lipinski definition) is 5. The van der Waals surface area contributed by atoms with Crippen LogP contribution in [0.15, 0.2) is 0 Å². The lowest BCUT2D eigenvalue weighted by molar-refractivity contribution is -0.119. The first kappa shape index (κ1) is 16.8. The van der Waals surface area contributed by atoms with Crippen molar-refractivity contribution >= 4 is 27.5 Å². The summed E-state index contributed by atoms with van der Waals surface area (Å²) in [5.74, 6) is 0.907. The van der Waals surface area contributed by atoms with Gasteiger partial charge in [-0.15, -0.1) is 11.8 Å². The third-order valence-electron chi connectivity index (χ3n) is 3.23. The molecule has 112 valence electrons. The monoisotopic (exact) mass is 309 g/mol. The number of aliphatic hydroxyl groups is 1. The maximum Gasteiger partial charge on any atom is 0.230 e. The van der Waals surface area contributed by atoms with E-state index in [0.717, 1.165) is 0 Å². The van der Waals surface area contributed by atoms with Crippen LogP contribution in [-0.4, -0.2) is 54.6 Å². The van der Waals surface area contributed by atoms with Crippen LogP contribution in [0.2, 0.25) is 0 Å². The average Bonchev–Trinajstić information content (AvgIpc) is 2.66. The first-order valence-electron chi connectivity index (χ1n) is 6.56. The van der Waals surface area contributed by atoms with Gasteiger partial charge in [-0.3, -0.25) is 4.79 Å². The number of aliphatic hydroxyl groups excluding tert-OH is 1. The topological polar surface area (TPSA) is 83.5 Å². The molecule has 0 saturated carbocycles. The molecule has 1 fully saturated rings. The molecule has 1 saturated heterocycles. The zero-order valence-corrected chi connectivity index (χ0v) is 13.1. The van der Waals surface area contributed by atoms with E-state index in [1.165, 1.54) is 11.8 Å². The van der Waals surface area contributed by atoms with E-state index >= 15 is 0 Å². The predicted molar refractivity (Wildman–Crippen MR) is 78.0 cm³/mol. The molecule has 0 radical (unpaired) electrons. The number of sulfone groups is 1. The van der Waals surface area contributed by atoms with Crippen molar-refractivity contribution < 1.29 is 18.3 Å². The minimum absolute atomic E-state index is 0.0228. The highest BCUT2D eigenvalue weighted by atomic mass is 32.2. The molecular weight excluding hydrogens is 286 g/mol. The second kappa shape index (κ2) is 7.50. The molecule has 2 N–H and O–H groups in total. The second-order valence-corrected chi connectivity index (χ2v) is 8.78. The number of nitrogens with one attached hydrogen (secondary N) is 1. The summed E-state index contributed by atoms with van der Waals surface area (Å²) < 4.78 is 22.6. The molecule has 0 aromatic carbocycles. The van der Waals surface area contributed by atoms with Crippen LogP contribution in [0.3, 0.4) is 0 Å². The van der Waals surface area contributed by atoms with Crippen molar-refractivity contribution in [1.82, 2.24) is 5.32 Å². The van der Waals surface area contributed by atoms with Gasteiger partial charge >= 0.3 is 0 Å². The maximum atomic E-state index is 11.8. The van der Waals surface area contributed by atoms with E-state index in [1.54, 1.807) is 0 Å². The molecule has 1 amide bonds. The summed E-state index contributed by atoms with van der Waals surface area (Å²) in [6.07, 6.45) is 1.19. The molecule has 1 aliphatic rings. The molecule has 19 heavy (non-hydrogen) atoms. The van der Waals surface area contributed by atoms with Crippen LogP contribution in [0, 0.1) is 5.92 Å². The van der Waals surface area contributed by atoms with Crippen LogP contribution in [0.25, 0.3) is 0 Å². The minimum atomic E-state index is -2.87. The Kier molecular flexibility index (Phi) is 6.62. The van der Waals surface area contributed by atoms with Gasteiger partial charge in [-0.1, -0.05) is 13.8 Å². The standard InChI is InChI=1S/C12H23NO4S2/c1-9(2)11(3-5-14)13-12(15)7-18-10-4-6-19(16,17)8-10/h9-11,14H,3-8H2,1-2H3,(H,13,15). The highest BCUT2D eigenvalue weighted by Crippen LogP contribution is 2.24. The van der Waals surface area contributed by atoms with Crippen LogP contribution < -0.4 is 5.32 Å². The van der Waals surface area contributed by atoms with E-state index < -0.39 is 9.84 Å². The minimum Gasteiger partial charge on any atom is -0.396 e. The number of carbonyl (C=O) groups excluding carboxylic acids is 1. The van der Waals surface area contributed by atoms with E-state index in [1.807, 2.05) is 13.8 Å². The normalized spacial score (nSPS) is 23.5. The highest BCUT2D eigenvalue weighted by molar-refractivity contribution is 8.02. The van der Waals surface area contributed by atoms with Crippen LogP contribution in [0.5, 0.6) is 0 Å². The maximum absolute atomic E-state index is 11.8. The van der Waals surface area contributed by atoms with Crippen LogP contribution in [0.1, 0.15) is 26.7 Å². The molecule has 0 bridgehead atoms. The molecule has 2 atom stereocenters. The molecule has 0 aromatic rings. The smallest absolute Gasteiger partial charge is 0.230 e. The van der Waals surface area contributed by atoms with Gasteiger partial charge in [-0.05, 0) is 18.8 Å². The van der Waals surface area contributed by atoms with Gasteiger partial charge in [0.1, 0.15) is 0 Å². The Labute approximate surface area is 119 Å². The Bertz CT molecular complexity index is 395. The van der Waals surface area contributed by atoms with Gasteiger partial charge in [-0.2, -0.15) is 0 Å². The number of amides is 1. The lowest BCUT2D eigenvalue weighted by Gasteiger charge is -2.21. The molecule has 1 aliphatic heterocycles. The number of rotatable bonds is 7. The summed E-state index contributed by atoms with van der Waals surface area (Å²) in [6, 6.07) is -0.0228. The predicted octanol–water partition coefficient (Wildman–Crippen LogP) is 0.430. The van der Waals surface area contributed by atoms with Crippen LogP contribution in [0.4, 0.5) is 0 Å². The molecule has 0 aliphatic carbocycles. The van der Waals surface area contributed by atoms with Crippen molar-refractivity contribution in [2.24, 2.45) is 5.92 Å². The van der Waals surface area contributed by atoms with Gasteiger partial charge in [0, 0.05) is 17.9 Å². The van der Waals surface area contributed by atoms with E-state index in [-0.39, 0.29) is 47.0 Å². The summed E-state index contributed by atoms with van der Waals surface area (Å²) in [6.45, 7) is 4.05. The van der Waals surface area contributed by atoms with Gasteiger partial charge in [0.2, 0.25) is 5.91 Å². The number of thioether (sulfide) groups is 1. The molecule has 0 aromatic heterocycles. The molecule has 7 heteroatoms. The third-order valence-corrected chi connectivity index (χ3v) is 6.51. The van der Waals surface area contributed by atoms with Crippen LogP contribution in [-0.2, 0) is 14.6 Å². The molecule has 2 unspecified atom stereocenters. The largest absolute Gasteiger partial charge is 0.396 e.